The molecule has 0 aromatic carbocycles. The van der Waals surface area contributed by atoms with E-state index in [-0.39, 0.29) is 0 Å². The van der Waals surface area contributed by atoms with Crippen molar-refractivity contribution >= 4 is 0 Å². The summed E-state index contributed by atoms with van der Waals surface area (Å²) in [6, 6.07) is 0.377. The lowest BCUT2D eigenvalue weighted by Crippen LogP contribution is -2.40. The van der Waals surface area contributed by atoms with Gasteiger partial charge in [0.15, 0.2) is 0 Å². The molecule has 0 aromatic heterocycles. The first-order chi connectivity index (χ1) is 6.15. The Morgan fingerprint density at radius 1 is 1.46 bits per heavy atom. The fourth-order valence-electron chi connectivity index (χ4n) is 2.36. The first kappa shape index (κ1) is 10.7. The van der Waals surface area contributed by atoms with Crippen LogP contribution in [0.5, 0.6) is 0 Å². The maximum atomic E-state index is 5.57. The number of hydrogen-bond acceptors (Lipinski definition) is 2. The van der Waals surface area contributed by atoms with Gasteiger partial charge in [0.05, 0.1) is 0 Å². The van der Waals surface area contributed by atoms with Gasteiger partial charge in [-0.3, -0.25) is 11.3 Å². The van der Waals surface area contributed by atoms with Crippen molar-refractivity contribution in [2.75, 3.05) is 0 Å². The van der Waals surface area contributed by atoms with Gasteiger partial charge in [0, 0.05) is 6.04 Å². The van der Waals surface area contributed by atoms with E-state index >= 15 is 0 Å². The maximum Gasteiger partial charge on any atom is 0.0423 e. The van der Waals surface area contributed by atoms with Crippen LogP contribution >= 0.6 is 0 Å². The first-order valence-electron chi connectivity index (χ1n) is 5.26. The zero-order valence-electron chi connectivity index (χ0n) is 9.01. The van der Waals surface area contributed by atoms with E-state index in [1.807, 2.05) is 0 Å². The van der Waals surface area contributed by atoms with Crippen LogP contribution < -0.4 is 11.3 Å². The second-order valence-corrected chi connectivity index (χ2v) is 4.51. The van der Waals surface area contributed by atoms with Gasteiger partial charge < -0.3 is 0 Å². The minimum atomic E-state index is 0.377. The molecule has 0 spiro atoms. The summed E-state index contributed by atoms with van der Waals surface area (Å²) in [5, 5.41) is 0. The van der Waals surface area contributed by atoms with Crippen molar-refractivity contribution in [3.63, 3.8) is 0 Å². The largest absolute Gasteiger partial charge is 0.271 e. The normalized spacial score (nSPS) is 30.2. The number of nitrogens with one attached hydrogen (secondary N) is 1. The molecule has 0 amide bonds. The zero-order chi connectivity index (χ0) is 9.84. The van der Waals surface area contributed by atoms with Crippen molar-refractivity contribution in [2.24, 2.45) is 17.7 Å². The van der Waals surface area contributed by atoms with Crippen molar-refractivity contribution in [3.05, 3.63) is 11.6 Å². The van der Waals surface area contributed by atoms with E-state index in [0.717, 1.165) is 11.8 Å². The quantitative estimate of drug-likeness (QED) is 0.399. The Hall–Kier alpha value is -0.340. The second-order valence-electron chi connectivity index (χ2n) is 4.51. The standard InChI is InChI=1S/C11H22N2/c1-8(2)7-11(13-12)10-6-4-5-9(10)3/h7,9-11,13H,4-6,12H2,1-3H3. The Morgan fingerprint density at radius 3 is 2.54 bits per heavy atom. The second kappa shape index (κ2) is 4.77. The van der Waals surface area contributed by atoms with Crippen LogP contribution in [0.2, 0.25) is 0 Å². The van der Waals surface area contributed by atoms with Gasteiger partial charge in [-0.05, 0) is 32.1 Å². The van der Waals surface area contributed by atoms with Gasteiger partial charge in [0.25, 0.3) is 0 Å². The van der Waals surface area contributed by atoms with Crippen LogP contribution in [0.4, 0.5) is 0 Å². The lowest BCUT2D eigenvalue weighted by molar-refractivity contribution is 0.340. The molecule has 1 rings (SSSR count). The molecule has 0 aromatic rings. The van der Waals surface area contributed by atoms with Gasteiger partial charge in [-0.25, -0.2) is 0 Å². The van der Waals surface area contributed by atoms with Gasteiger partial charge >= 0.3 is 0 Å². The highest BCUT2D eigenvalue weighted by molar-refractivity contribution is 5.04. The highest BCUT2D eigenvalue weighted by atomic mass is 15.2. The summed E-state index contributed by atoms with van der Waals surface area (Å²) < 4.78 is 0. The van der Waals surface area contributed by atoms with E-state index in [1.54, 1.807) is 0 Å². The summed E-state index contributed by atoms with van der Waals surface area (Å²) in [6.07, 6.45) is 6.30. The van der Waals surface area contributed by atoms with E-state index in [1.165, 1.54) is 24.8 Å². The fraction of sp³-hybridized carbons (Fsp3) is 0.818. The van der Waals surface area contributed by atoms with Crippen molar-refractivity contribution in [2.45, 2.75) is 46.1 Å². The Bertz CT molecular complexity index is 183. The van der Waals surface area contributed by atoms with Gasteiger partial charge in [-0.2, -0.15) is 0 Å². The summed E-state index contributed by atoms with van der Waals surface area (Å²) in [4.78, 5) is 0. The molecule has 3 unspecified atom stereocenters. The molecule has 0 bridgehead atoms. The van der Waals surface area contributed by atoms with Crippen LogP contribution in [0, 0.1) is 11.8 Å². The number of allylic oxidation sites excluding steroid dienone is 1. The molecule has 76 valence electrons. The minimum Gasteiger partial charge on any atom is -0.271 e. The third-order valence-corrected chi connectivity index (χ3v) is 3.09. The first-order valence-corrected chi connectivity index (χ1v) is 5.26. The van der Waals surface area contributed by atoms with E-state index < -0.39 is 0 Å². The van der Waals surface area contributed by atoms with Crippen LogP contribution in [0.25, 0.3) is 0 Å². The topological polar surface area (TPSA) is 38.0 Å². The molecule has 2 heteroatoms. The highest BCUT2D eigenvalue weighted by Crippen LogP contribution is 2.34. The number of hydrazine groups is 1. The molecule has 1 aliphatic carbocycles. The SMILES string of the molecule is CC(C)=CC(NN)C1CCCC1C. The predicted octanol–water partition coefficient (Wildman–Crippen LogP) is 2.22. The fourth-order valence-corrected chi connectivity index (χ4v) is 2.36. The Balaban J connectivity index is 2.60. The lowest BCUT2D eigenvalue weighted by Gasteiger charge is -2.23. The molecule has 0 saturated heterocycles. The molecule has 0 aliphatic heterocycles. The maximum absolute atomic E-state index is 5.57. The Morgan fingerprint density at radius 2 is 2.15 bits per heavy atom. The van der Waals surface area contributed by atoms with E-state index in [0.29, 0.717) is 6.04 Å². The molecule has 0 radical (unpaired) electrons. The van der Waals surface area contributed by atoms with Crippen molar-refractivity contribution in [1.29, 1.82) is 0 Å². The molecule has 1 saturated carbocycles. The highest BCUT2D eigenvalue weighted by Gasteiger charge is 2.28. The minimum absolute atomic E-state index is 0.377. The molecule has 13 heavy (non-hydrogen) atoms. The van der Waals surface area contributed by atoms with Crippen LogP contribution in [-0.4, -0.2) is 6.04 Å². The molecular formula is C11H22N2. The van der Waals surface area contributed by atoms with Crippen LogP contribution in [-0.2, 0) is 0 Å². The average Bonchev–Trinajstić information content (AvgIpc) is 2.47. The summed E-state index contributed by atoms with van der Waals surface area (Å²) in [5.74, 6) is 7.12. The molecule has 1 aliphatic rings. The van der Waals surface area contributed by atoms with Crippen molar-refractivity contribution in [3.8, 4) is 0 Å². The molecule has 1 fully saturated rings. The van der Waals surface area contributed by atoms with Crippen LogP contribution in [0.3, 0.4) is 0 Å². The Kier molecular flexibility index (Phi) is 3.94. The predicted molar refractivity (Wildman–Crippen MR) is 57.0 cm³/mol. The smallest absolute Gasteiger partial charge is 0.0423 e. The molecule has 0 heterocycles. The third kappa shape index (κ3) is 2.82. The lowest BCUT2D eigenvalue weighted by atomic mass is 9.89. The van der Waals surface area contributed by atoms with Gasteiger partial charge in [-0.15, -0.1) is 0 Å². The van der Waals surface area contributed by atoms with Crippen molar-refractivity contribution in [1.82, 2.24) is 5.43 Å². The van der Waals surface area contributed by atoms with Crippen LogP contribution in [0.1, 0.15) is 40.0 Å². The third-order valence-electron chi connectivity index (χ3n) is 3.09. The Labute approximate surface area is 81.6 Å². The summed E-state index contributed by atoms with van der Waals surface area (Å²) >= 11 is 0. The number of rotatable bonds is 3. The summed E-state index contributed by atoms with van der Waals surface area (Å²) in [6.45, 7) is 6.59. The average molecular weight is 182 g/mol. The zero-order valence-corrected chi connectivity index (χ0v) is 9.01. The van der Waals surface area contributed by atoms with Gasteiger partial charge in [-0.1, -0.05) is 31.4 Å². The molecule has 2 nitrogen and oxygen atoms in total. The molecule has 3 atom stereocenters. The van der Waals surface area contributed by atoms with Crippen LogP contribution in [0.15, 0.2) is 11.6 Å². The van der Waals surface area contributed by atoms with E-state index in [9.17, 15) is 0 Å². The number of nitrogens with two attached hydrogens (primary N) is 1. The van der Waals surface area contributed by atoms with E-state index in [2.05, 4.69) is 32.3 Å². The van der Waals surface area contributed by atoms with Crippen molar-refractivity contribution < 1.29 is 0 Å². The molecule has 3 N–H and O–H groups in total. The summed E-state index contributed by atoms with van der Waals surface area (Å²) in [7, 11) is 0. The summed E-state index contributed by atoms with van der Waals surface area (Å²) in [5.41, 5.74) is 4.28. The van der Waals surface area contributed by atoms with E-state index in [4.69, 9.17) is 5.84 Å². The monoisotopic (exact) mass is 182 g/mol. The van der Waals surface area contributed by atoms with Gasteiger partial charge in [0.2, 0.25) is 0 Å². The van der Waals surface area contributed by atoms with Gasteiger partial charge in [0.1, 0.15) is 0 Å². The molecular weight excluding hydrogens is 160 g/mol. The number of hydrogen-bond donors (Lipinski definition) is 2.